The molecule has 2 amide bonds. The van der Waals surface area contributed by atoms with Crippen molar-refractivity contribution in [3.05, 3.63) is 16.1 Å². The number of urea groups is 1. The summed E-state index contributed by atoms with van der Waals surface area (Å²) in [7, 11) is 0. The lowest BCUT2D eigenvalue weighted by Gasteiger charge is -2.08. The Morgan fingerprint density at radius 3 is 2.78 bits per heavy atom. The second-order valence-electron chi connectivity index (χ2n) is 3.61. The average molecular weight is 273 g/mol. The standard InChI is InChI=1S/C10H15N3O4S/c1-6-13-7(5-18-6)4-12-10(17)11-3-2-8(14)9(15)16/h5,8,14H,2-4H2,1H3,(H,15,16)(H2,11,12,17)/t8-/m0/s1. The average Bonchev–Trinajstić information content (AvgIpc) is 2.72. The van der Waals surface area contributed by atoms with Gasteiger partial charge in [-0.2, -0.15) is 0 Å². The smallest absolute Gasteiger partial charge is 0.332 e. The third-order valence-corrected chi connectivity index (χ3v) is 2.91. The molecule has 0 bridgehead atoms. The topological polar surface area (TPSA) is 112 Å². The molecule has 0 aliphatic heterocycles. The minimum absolute atomic E-state index is 0.0292. The minimum Gasteiger partial charge on any atom is -0.479 e. The van der Waals surface area contributed by atoms with Crippen molar-refractivity contribution in [3.63, 3.8) is 0 Å². The fourth-order valence-corrected chi connectivity index (χ4v) is 1.78. The molecule has 1 heterocycles. The molecule has 0 fully saturated rings. The molecule has 0 aliphatic rings. The molecule has 7 nitrogen and oxygen atoms in total. The van der Waals surface area contributed by atoms with Crippen molar-refractivity contribution in [2.45, 2.75) is 26.0 Å². The molecule has 1 aromatic rings. The van der Waals surface area contributed by atoms with Gasteiger partial charge in [-0.1, -0.05) is 0 Å². The van der Waals surface area contributed by atoms with E-state index in [1.807, 2.05) is 12.3 Å². The van der Waals surface area contributed by atoms with Crippen LogP contribution in [0.5, 0.6) is 0 Å². The van der Waals surface area contributed by atoms with Crippen molar-refractivity contribution in [2.24, 2.45) is 0 Å². The monoisotopic (exact) mass is 273 g/mol. The number of carbonyl (C=O) groups excluding carboxylic acids is 1. The molecule has 100 valence electrons. The molecule has 18 heavy (non-hydrogen) atoms. The maximum atomic E-state index is 11.3. The van der Waals surface area contributed by atoms with Crippen LogP contribution in [0.4, 0.5) is 4.79 Å². The van der Waals surface area contributed by atoms with E-state index in [2.05, 4.69) is 15.6 Å². The van der Waals surface area contributed by atoms with E-state index in [4.69, 9.17) is 10.2 Å². The van der Waals surface area contributed by atoms with Crippen molar-refractivity contribution in [1.29, 1.82) is 0 Å². The van der Waals surface area contributed by atoms with Crippen LogP contribution in [-0.2, 0) is 11.3 Å². The van der Waals surface area contributed by atoms with Gasteiger partial charge in [-0.25, -0.2) is 14.6 Å². The van der Waals surface area contributed by atoms with E-state index in [1.165, 1.54) is 11.3 Å². The number of nitrogens with zero attached hydrogens (tertiary/aromatic N) is 1. The quantitative estimate of drug-likeness (QED) is 0.587. The highest BCUT2D eigenvalue weighted by molar-refractivity contribution is 7.09. The van der Waals surface area contributed by atoms with Crippen molar-refractivity contribution in [3.8, 4) is 0 Å². The van der Waals surface area contributed by atoms with Gasteiger partial charge in [-0.05, 0) is 6.92 Å². The van der Waals surface area contributed by atoms with E-state index in [0.29, 0.717) is 6.54 Å². The van der Waals surface area contributed by atoms with Crippen LogP contribution in [0.15, 0.2) is 5.38 Å². The predicted octanol–water partition coefficient (Wildman–Crippen LogP) is 0.0863. The van der Waals surface area contributed by atoms with Crippen LogP contribution in [0.3, 0.4) is 0 Å². The van der Waals surface area contributed by atoms with Crippen LogP contribution in [0.1, 0.15) is 17.1 Å². The highest BCUT2D eigenvalue weighted by Gasteiger charge is 2.12. The van der Waals surface area contributed by atoms with Gasteiger partial charge in [0, 0.05) is 18.3 Å². The van der Waals surface area contributed by atoms with E-state index < -0.39 is 18.1 Å². The molecule has 0 saturated carbocycles. The lowest BCUT2D eigenvalue weighted by Crippen LogP contribution is -2.37. The molecule has 1 rings (SSSR count). The zero-order valence-corrected chi connectivity index (χ0v) is 10.7. The van der Waals surface area contributed by atoms with Gasteiger partial charge in [0.1, 0.15) is 0 Å². The number of hydrogen-bond donors (Lipinski definition) is 4. The number of amides is 2. The lowest BCUT2D eigenvalue weighted by molar-refractivity contribution is -0.146. The van der Waals surface area contributed by atoms with Gasteiger partial charge in [-0.3, -0.25) is 0 Å². The number of aromatic nitrogens is 1. The summed E-state index contributed by atoms with van der Waals surface area (Å²) in [6.45, 7) is 2.29. The molecule has 0 aromatic carbocycles. The molecule has 4 N–H and O–H groups in total. The highest BCUT2D eigenvalue weighted by Crippen LogP contribution is 2.06. The van der Waals surface area contributed by atoms with Crippen LogP contribution >= 0.6 is 11.3 Å². The summed E-state index contributed by atoms with van der Waals surface area (Å²) in [4.78, 5) is 25.8. The maximum Gasteiger partial charge on any atom is 0.332 e. The van der Waals surface area contributed by atoms with Gasteiger partial charge in [0.2, 0.25) is 0 Å². The summed E-state index contributed by atoms with van der Waals surface area (Å²) in [6.07, 6.45) is -1.48. The maximum absolute atomic E-state index is 11.3. The van der Waals surface area contributed by atoms with Crippen LogP contribution in [-0.4, -0.2) is 39.8 Å². The number of hydrogen-bond acceptors (Lipinski definition) is 5. The Morgan fingerprint density at radius 1 is 1.50 bits per heavy atom. The van der Waals surface area contributed by atoms with Gasteiger partial charge in [0.25, 0.3) is 0 Å². The van der Waals surface area contributed by atoms with E-state index >= 15 is 0 Å². The summed E-state index contributed by atoms with van der Waals surface area (Å²) in [5, 5.41) is 25.2. The Kier molecular flexibility index (Phi) is 5.53. The lowest BCUT2D eigenvalue weighted by atomic mass is 10.2. The molecule has 0 aliphatic carbocycles. The van der Waals surface area contributed by atoms with E-state index in [-0.39, 0.29) is 13.0 Å². The molecular formula is C10H15N3O4S. The first-order valence-electron chi connectivity index (χ1n) is 5.32. The zero-order valence-electron chi connectivity index (χ0n) is 9.84. The first-order valence-corrected chi connectivity index (χ1v) is 6.20. The SMILES string of the molecule is Cc1nc(CNC(=O)NCC[C@H](O)C(=O)O)cs1. The Morgan fingerprint density at radius 2 is 2.22 bits per heavy atom. The number of aliphatic hydroxyl groups excluding tert-OH is 1. The molecule has 1 aromatic heterocycles. The van der Waals surface area contributed by atoms with Crippen molar-refractivity contribution >= 4 is 23.3 Å². The highest BCUT2D eigenvalue weighted by atomic mass is 32.1. The summed E-state index contributed by atoms with van der Waals surface area (Å²) in [5.74, 6) is -1.30. The Labute approximate surface area is 108 Å². The summed E-state index contributed by atoms with van der Waals surface area (Å²) < 4.78 is 0. The van der Waals surface area contributed by atoms with Gasteiger partial charge >= 0.3 is 12.0 Å². The first kappa shape index (κ1) is 14.4. The van der Waals surface area contributed by atoms with E-state index in [1.54, 1.807) is 0 Å². The third kappa shape index (κ3) is 5.11. The molecule has 0 unspecified atom stereocenters. The molecule has 0 spiro atoms. The number of aliphatic carboxylic acids is 1. The van der Waals surface area contributed by atoms with E-state index in [0.717, 1.165) is 10.7 Å². The number of rotatable bonds is 6. The zero-order chi connectivity index (χ0) is 13.5. The summed E-state index contributed by atoms with van der Waals surface area (Å²) >= 11 is 1.50. The number of carboxylic acid groups (broad SMARTS) is 1. The molecular weight excluding hydrogens is 258 g/mol. The van der Waals surface area contributed by atoms with Gasteiger partial charge < -0.3 is 20.8 Å². The molecule has 1 atom stereocenters. The van der Waals surface area contributed by atoms with Crippen molar-refractivity contribution < 1.29 is 19.8 Å². The second kappa shape index (κ2) is 6.92. The van der Waals surface area contributed by atoms with Crippen molar-refractivity contribution in [2.75, 3.05) is 6.54 Å². The molecule has 8 heteroatoms. The van der Waals surface area contributed by atoms with Crippen LogP contribution in [0, 0.1) is 6.92 Å². The van der Waals surface area contributed by atoms with Crippen LogP contribution < -0.4 is 10.6 Å². The Balaban J connectivity index is 2.16. The number of carbonyl (C=O) groups is 2. The Bertz CT molecular complexity index is 421. The molecule has 0 saturated heterocycles. The number of thiazole rings is 1. The normalized spacial score (nSPS) is 11.9. The summed E-state index contributed by atoms with van der Waals surface area (Å²) in [6, 6.07) is -0.418. The first-order chi connectivity index (χ1) is 8.49. The second-order valence-corrected chi connectivity index (χ2v) is 4.67. The largest absolute Gasteiger partial charge is 0.479 e. The third-order valence-electron chi connectivity index (χ3n) is 2.09. The predicted molar refractivity (Wildman–Crippen MR) is 65.3 cm³/mol. The number of carboxylic acids is 1. The number of aryl methyl sites for hydroxylation is 1. The summed E-state index contributed by atoms with van der Waals surface area (Å²) in [5.41, 5.74) is 0.776. The van der Waals surface area contributed by atoms with Crippen LogP contribution in [0.25, 0.3) is 0 Å². The number of aliphatic hydroxyl groups is 1. The van der Waals surface area contributed by atoms with E-state index in [9.17, 15) is 9.59 Å². The van der Waals surface area contributed by atoms with Crippen molar-refractivity contribution in [1.82, 2.24) is 15.6 Å². The Hall–Kier alpha value is -1.67. The van der Waals surface area contributed by atoms with Crippen LogP contribution in [0.2, 0.25) is 0 Å². The molecule has 0 radical (unpaired) electrons. The minimum atomic E-state index is -1.45. The number of nitrogens with one attached hydrogen (secondary N) is 2. The van der Waals surface area contributed by atoms with Gasteiger partial charge in [0.05, 0.1) is 17.2 Å². The van der Waals surface area contributed by atoms with Gasteiger partial charge in [-0.15, -0.1) is 11.3 Å². The fourth-order valence-electron chi connectivity index (χ4n) is 1.17. The fraction of sp³-hybridized carbons (Fsp3) is 0.500. The van der Waals surface area contributed by atoms with Gasteiger partial charge in [0.15, 0.2) is 6.10 Å².